The van der Waals surface area contributed by atoms with Crippen LogP contribution in [0.4, 0.5) is 16.2 Å². The number of aromatic nitrogens is 2. The Kier molecular flexibility index (Phi) is 4.77. The predicted octanol–water partition coefficient (Wildman–Crippen LogP) is 5.38. The molecule has 0 aliphatic rings. The lowest BCUT2D eigenvalue weighted by atomic mass is 10.1. The van der Waals surface area contributed by atoms with E-state index in [1.807, 2.05) is 66.7 Å². The number of rotatable bonds is 4. The van der Waals surface area contributed by atoms with Crippen molar-refractivity contribution in [3.8, 4) is 0 Å². The summed E-state index contributed by atoms with van der Waals surface area (Å²) in [5.74, 6) is 0. The second-order valence-electron chi connectivity index (χ2n) is 6.16. The van der Waals surface area contributed by atoms with E-state index in [9.17, 15) is 4.79 Å². The van der Waals surface area contributed by atoms with E-state index in [-0.39, 0.29) is 6.03 Å². The maximum atomic E-state index is 12.4. The molecule has 0 fully saturated rings. The van der Waals surface area contributed by atoms with Crippen LogP contribution < -0.4 is 10.6 Å². The molecule has 2 N–H and O–H groups in total. The molecule has 3 aromatic carbocycles. The molecule has 5 nitrogen and oxygen atoms in total. The van der Waals surface area contributed by atoms with E-state index in [2.05, 4.69) is 15.7 Å². The highest BCUT2D eigenvalue weighted by molar-refractivity contribution is 6.30. The largest absolute Gasteiger partial charge is 0.323 e. The number of carbonyl (C=O) groups excluding carboxylic acids is 1. The molecule has 0 saturated heterocycles. The molecule has 0 spiro atoms. The van der Waals surface area contributed by atoms with Gasteiger partial charge in [0.1, 0.15) is 0 Å². The van der Waals surface area contributed by atoms with Crippen LogP contribution in [0.2, 0.25) is 5.02 Å². The number of anilines is 2. The Morgan fingerprint density at radius 3 is 2.70 bits per heavy atom. The molecule has 2 amide bonds. The highest BCUT2D eigenvalue weighted by Gasteiger charge is 2.07. The van der Waals surface area contributed by atoms with Crippen LogP contribution in [0.3, 0.4) is 0 Å². The van der Waals surface area contributed by atoms with Crippen LogP contribution in [0, 0.1) is 0 Å². The fourth-order valence-corrected chi connectivity index (χ4v) is 3.17. The normalized spacial score (nSPS) is 10.7. The number of fused-ring (bicyclic) bond motifs is 1. The summed E-state index contributed by atoms with van der Waals surface area (Å²) >= 11 is 6.01. The number of benzene rings is 3. The van der Waals surface area contributed by atoms with Gasteiger partial charge in [-0.25, -0.2) is 4.79 Å². The third-order valence-electron chi connectivity index (χ3n) is 4.16. The van der Waals surface area contributed by atoms with Crippen LogP contribution in [0.15, 0.2) is 79.1 Å². The highest BCUT2D eigenvalue weighted by Crippen LogP contribution is 2.23. The van der Waals surface area contributed by atoms with Crippen molar-refractivity contribution in [3.05, 3.63) is 89.7 Å². The van der Waals surface area contributed by atoms with Gasteiger partial charge in [0.2, 0.25) is 0 Å². The molecule has 134 valence electrons. The summed E-state index contributed by atoms with van der Waals surface area (Å²) in [5.41, 5.74) is 2.42. The maximum Gasteiger partial charge on any atom is 0.323 e. The van der Waals surface area contributed by atoms with Crippen molar-refractivity contribution >= 4 is 39.8 Å². The zero-order chi connectivity index (χ0) is 18.6. The molecule has 1 heterocycles. The Morgan fingerprint density at radius 1 is 1.00 bits per heavy atom. The topological polar surface area (TPSA) is 59.0 Å². The van der Waals surface area contributed by atoms with Gasteiger partial charge >= 0.3 is 6.03 Å². The van der Waals surface area contributed by atoms with Crippen LogP contribution >= 0.6 is 11.6 Å². The van der Waals surface area contributed by atoms with E-state index in [1.165, 1.54) is 0 Å². The molecule has 0 radical (unpaired) electrons. The van der Waals surface area contributed by atoms with Gasteiger partial charge in [0.15, 0.2) is 0 Å². The van der Waals surface area contributed by atoms with Crippen molar-refractivity contribution in [2.75, 3.05) is 10.6 Å². The zero-order valence-corrected chi connectivity index (χ0v) is 15.1. The average molecular weight is 377 g/mol. The molecular formula is C21H17ClN4O. The first-order valence-electron chi connectivity index (χ1n) is 8.50. The maximum absolute atomic E-state index is 12.4. The Bertz CT molecular complexity index is 1100. The molecule has 0 unspecified atom stereocenters. The summed E-state index contributed by atoms with van der Waals surface area (Å²) in [6.07, 6.45) is 3.40. The lowest BCUT2D eigenvalue weighted by Gasteiger charge is -2.09. The number of halogens is 1. The van der Waals surface area contributed by atoms with E-state index in [0.717, 1.165) is 22.0 Å². The summed E-state index contributed by atoms with van der Waals surface area (Å²) in [6, 6.07) is 21.0. The van der Waals surface area contributed by atoms with Crippen molar-refractivity contribution in [1.29, 1.82) is 0 Å². The van der Waals surface area contributed by atoms with E-state index < -0.39 is 0 Å². The third kappa shape index (κ3) is 4.10. The Morgan fingerprint density at radius 2 is 1.81 bits per heavy atom. The van der Waals surface area contributed by atoms with E-state index >= 15 is 0 Å². The van der Waals surface area contributed by atoms with Crippen molar-refractivity contribution < 1.29 is 4.79 Å². The van der Waals surface area contributed by atoms with Gasteiger partial charge in [-0.05, 0) is 29.1 Å². The van der Waals surface area contributed by atoms with Crippen molar-refractivity contribution in [2.45, 2.75) is 6.54 Å². The lowest BCUT2D eigenvalue weighted by molar-refractivity contribution is 0.262. The van der Waals surface area contributed by atoms with E-state index in [4.69, 9.17) is 11.6 Å². The van der Waals surface area contributed by atoms with Gasteiger partial charge in [-0.1, -0.05) is 60.1 Å². The van der Waals surface area contributed by atoms with E-state index in [0.29, 0.717) is 17.3 Å². The smallest absolute Gasteiger partial charge is 0.307 e. The fourth-order valence-electron chi connectivity index (χ4n) is 2.96. The van der Waals surface area contributed by atoms with Crippen LogP contribution in [-0.2, 0) is 6.54 Å². The first-order valence-corrected chi connectivity index (χ1v) is 8.88. The SMILES string of the molecule is O=C(Nc1cnn(Cc2cccc(Cl)c2)c1)Nc1cccc2ccccc12. The standard InChI is InChI=1S/C21H17ClN4O/c22-17-8-3-5-15(11-17)13-26-14-18(12-23-26)24-21(27)25-20-10-4-7-16-6-1-2-9-19(16)20/h1-12,14H,13H2,(H2,24,25,27). The van der Waals surface area contributed by atoms with Crippen molar-refractivity contribution in [2.24, 2.45) is 0 Å². The molecule has 0 saturated carbocycles. The molecule has 6 heteroatoms. The number of nitrogens with one attached hydrogen (secondary N) is 2. The van der Waals surface area contributed by atoms with Gasteiger partial charge in [0.25, 0.3) is 0 Å². The Hall–Kier alpha value is -3.31. The summed E-state index contributed by atoms with van der Waals surface area (Å²) in [6.45, 7) is 0.577. The Labute approximate surface area is 161 Å². The molecule has 0 aliphatic carbocycles. The summed E-state index contributed by atoms with van der Waals surface area (Å²) in [7, 11) is 0. The number of amides is 2. The molecule has 0 aliphatic heterocycles. The number of urea groups is 1. The monoisotopic (exact) mass is 376 g/mol. The van der Waals surface area contributed by atoms with Crippen LogP contribution in [0.5, 0.6) is 0 Å². The molecule has 0 bridgehead atoms. The van der Waals surface area contributed by atoms with Gasteiger partial charge < -0.3 is 10.6 Å². The minimum absolute atomic E-state index is 0.311. The van der Waals surface area contributed by atoms with Crippen LogP contribution in [0.1, 0.15) is 5.56 Å². The highest BCUT2D eigenvalue weighted by atomic mass is 35.5. The van der Waals surface area contributed by atoms with Gasteiger partial charge in [-0.3, -0.25) is 4.68 Å². The summed E-state index contributed by atoms with van der Waals surface area (Å²) in [5, 5.41) is 12.7. The van der Waals surface area contributed by atoms with Crippen molar-refractivity contribution in [1.82, 2.24) is 9.78 Å². The molecule has 27 heavy (non-hydrogen) atoms. The molecule has 4 rings (SSSR count). The minimum Gasteiger partial charge on any atom is -0.307 e. The summed E-state index contributed by atoms with van der Waals surface area (Å²) < 4.78 is 1.75. The second-order valence-corrected chi connectivity index (χ2v) is 6.60. The molecule has 1 aromatic heterocycles. The summed E-state index contributed by atoms with van der Waals surface area (Å²) in [4.78, 5) is 12.4. The molecular weight excluding hydrogens is 360 g/mol. The van der Waals surface area contributed by atoms with Crippen LogP contribution in [-0.4, -0.2) is 15.8 Å². The third-order valence-corrected chi connectivity index (χ3v) is 4.40. The lowest BCUT2D eigenvalue weighted by Crippen LogP contribution is -2.19. The van der Waals surface area contributed by atoms with Gasteiger partial charge in [-0.2, -0.15) is 5.10 Å². The number of hydrogen-bond acceptors (Lipinski definition) is 2. The first kappa shape index (κ1) is 17.1. The predicted molar refractivity (Wildman–Crippen MR) is 109 cm³/mol. The second kappa shape index (κ2) is 7.51. The Balaban J connectivity index is 1.43. The molecule has 0 atom stereocenters. The molecule has 4 aromatic rings. The van der Waals surface area contributed by atoms with Crippen molar-refractivity contribution in [3.63, 3.8) is 0 Å². The number of nitrogens with zero attached hydrogens (tertiary/aromatic N) is 2. The quantitative estimate of drug-likeness (QED) is 0.502. The number of hydrogen-bond donors (Lipinski definition) is 2. The fraction of sp³-hybridized carbons (Fsp3) is 0.0476. The zero-order valence-electron chi connectivity index (χ0n) is 14.4. The van der Waals surface area contributed by atoms with Crippen LogP contribution in [0.25, 0.3) is 10.8 Å². The van der Waals surface area contributed by atoms with Gasteiger partial charge in [0, 0.05) is 16.6 Å². The average Bonchev–Trinajstić information content (AvgIpc) is 3.08. The van der Waals surface area contributed by atoms with Gasteiger partial charge in [0.05, 0.1) is 24.1 Å². The van der Waals surface area contributed by atoms with E-state index in [1.54, 1.807) is 17.1 Å². The van der Waals surface area contributed by atoms with Gasteiger partial charge in [-0.15, -0.1) is 0 Å². The number of carbonyl (C=O) groups is 1. The minimum atomic E-state index is -0.311. The first-order chi connectivity index (χ1) is 13.2.